The summed E-state index contributed by atoms with van der Waals surface area (Å²) in [5, 5.41) is 4.99. The highest BCUT2D eigenvalue weighted by Gasteiger charge is 2.27. The Morgan fingerprint density at radius 1 is 0.981 bits per heavy atom. The second kappa shape index (κ2) is 16.1. The van der Waals surface area contributed by atoms with Crippen molar-refractivity contribution in [3.63, 3.8) is 0 Å². The van der Waals surface area contributed by atoms with Gasteiger partial charge in [-0.2, -0.15) is 0 Å². The zero-order chi connectivity index (χ0) is 38.4. The number of carbonyl (C=O) groups excluding carboxylic acids is 3. The van der Waals surface area contributed by atoms with Crippen molar-refractivity contribution in [2.24, 2.45) is 12.5 Å². The highest BCUT2D eigenvalue weighted by Crippen LogP contribution is 2.25. The number of benzene rings is 2. The first kappa shape index (κ1) is 39.1. The first-order valence-electron chi connectivity index (χ1n) is 16.1. The van der Waals surface area contributed by atoms with Crippen LogP contribution in [0.5, 0.6) is 0 Å². The van der Waals surface area contributed by atoms with Crippen LogP contribution in [0.25, 0.3) is 5.82 Å². The van der Waals surface area contributed by atoms with Crippen molar-refractivity contribution in [3.8, 4) is 5.82 Å². The molecule has 0 saturated carbocycles. The molecule has 4 rings (SSSR count). The molecular weight excluding hydrogens is 702 g/mol. The number of unbranched alkanes of at least 4 members (excludes halogenated alkanes) is 1. The lowest BCUT2D eigenvalue weighted by molar-refractivity contribution is -0.146. The Morgan fingerprint density at radius 2 is 1.67 bits per heavy atom. The number of aryl methyl sites for hydroxylation is 1. The predicted molar refractivity (Wildman–Crippen MR) is 188 cm³/mol. The number of amides is 2. The topological polar surface area (TPSA) is 188 Å². The van der Waals surface area contributed by atoms with Crippen LogP contribution in [0.2, 0.25) is 0 Å². The average molecular weight is 741 g/mol. The number of esters is 1. The molecule has 17 heteroatoms. The summed E-state index contributed by atoms with van der Waals surface area (Å²) in [5.74, 6) is -4.93. The summed E-state index contributed by atoms with van der Waals surface area (Å²) >= 11 is 0. The Balaban J connectivity index is 1.52. The number of carbonyl (C=O) groups is 3. The van der Waals surface area contributed by atoms with Crippen molar-refractivity contribution in [2.75, 3.05) is 16.6 Å². The van der Waals surface area contributed by atoms with Crippen LogP contribution in [-0.2, 0) is 37.8 Å². The zero-order valence-electron chi connectivity index (χ0n) is 29.0. The molecule has 2 aromatic heterocycles. The molecule has 52 heavy (non-hydrogen) atoms. The molecule has 0 saturated heterocycles. The van der Waals surface area contributed by atoms with E-state index in [1.807, 2.05) is 11.6 Å². The van der Waals surface area contributed by atoms with Crippen LogP contribution < -0.4 is 26.6 Å². The number of aromatic nitrogens is 3. The van der Waals surface area contributed by atoms with E-state index in [-0.39, 0.29) is 29.6 Å². The second-order valence-electron chi connectivity index (χ2n) is 12.8. The number of hydrogen-bond acceptors (Lipinski definition) is 9. The number of halogens is 2. The lowest BCUT2D eigenvalue weighted by Crippen LogP contribution is -2.44. The third-order valence-electron chi connectivity index (χ3n) is 7.61. The van der Waals surface area contributed by atoms with E-state index in [2.05, 4.69) is 15.6 Å². The first-order chi connectivity index (χ1) is 24.4. The van der Waals surface area contributed by atoms with Gasteiger partial charge in [-0.1, -0.05) is 40.2 Å². The molecule has 0 bridgehead atoms. The van der Waals surface area contributed by atoms with E-state index in [1.54, 1.807) is 20.8 Å². The first-order valence-corrected chi connectivity index (χ1v) is 17.5. The van der Waals surface area contributed by atoms with E-state index in [1.165, 1.54) is 66.5 Å². The molecule has 3 N–H and O–H groups in total. The summed E-state index contributed by atoms with van der Waals surface area (Å²) in [6.45, 7) is 7.02. The molecule has 0 spiro atoms. The molecule has 0 aliphatic carbocycles. The fourth-order valence-corrected chi connectivity index (χ4v) is 5.63. The van der Waals surface area contributed by atoms with Crippen LogP contribution in [0, 0.1) is 17.0 Å². The van der Waals surface area contributed by atoms with E-state index in [0.29, 0.717) is 36.2 Å². The van der Waals surface area contributed by atoms with Gasteiger partial charge in [0.2, 0.25) is 5.91 Å². The molecule has 0 aliphatic rings. The van der Waals surface area contributed by atoms with Gasteiger partial charge in [-0.15, -0.1) is 0 Å². The van der Waals surface area contributed by atoms with Crippen LogP contribution in [0.15, 0.2) is 81.5 Å². The molecule has 4 aromatic rings. The number of ether oxygens (including phenoxy) is 1. The number of pyridine rings is 1. The van der Waals surface area contributed by atoms with Crippen molar-refractivity contribution in [2.45, 2.75) is 57.9 Å². The van der Waals surface area contributed by atoms with Gasteiger partial charge in [-0.25, -0.2) is 36.3 Å². The van der Waals surface area contributed by atoms with Gasteiger partial charge in [0.15, 0.2) is 0 Å². The minimum Gasteiger partial charge on any atom is -0.464 e. The second-order valence-corrected chi connectivity index (χ2v) is 14.5. The SMILES string of the molecule is CCCCOC(=O)[C@H](Cc1ccc(-n2c(=O)ccn(C)c2=O)nc1)NC(=O)c1cc(F)c(NS(=O)(=O)c2ccc(NC(=O)C(C)(C)C)cc2)cc1F. The van der Waals surface area contributed by atoms with Gasteiger partial charge in [0.05, 0.1) is 22.8 Å². The van der Waals surface area contributed by atoms with Gasteiger partial charge in [0.25, 0.3) is 21.5 Å². The average Bonchev–Trinajstić information content (AvgIpc) is 3.08. The van der Waals surface area contributed by atoms with Crippen LogP contribution in [-0.4, -0.2) is 53.0 Å². The molecule has 0 fully saturated rings. The Hall–Kier alpha value is -5.71. The molecule has 14 nitrogen and oxygen atoms in total. The zero-order valence-corrected chi connectivity index (χ0v) is 29.8. The maximum absolute atomic E-state index is 15.3. The van der Waals surface area contributed by atoms with Crippen LogP contribution in [0.1, 0.15) is 56.5 Å². The molecule has 0 radical (unpaired) electrons. The van der Waals surface area contributed by atoms with Crippen molar-refractivity contribution in [3.05, 3.63) is 111 Å². The third kappa shape index (κ3) is 9.54. The van der Waals surface area contributed by atoms with Crippen molar-refractivity contribution >= 4 is 39.2 Å². The van der Waals surface area contributed by atoms with Gasteiger partial charge in [0.1, 0.15) is 23.5 Å². The maximum Gasteiger partial charge on any atom is 0.336 e. The summed E-state index contributed by atoms with van der Waals surface area (Å²) in [5.41, 5.74) is -2.87. The van der Waals surface area contributed by atoms with E-state index >= 15 is 8.78 Å². The molecule has 1 atom stereocenters. The minimum atomic E-state index is -4.44. The van der Waals surface area contributed by atoms with E-state index < -0.39 is 67.5 Å². The number of nitrogens with zero attached hydrogens (tertiary/aromatic N) is 3. The molecule has 276 valence electrons. The monoisotopic (exact) mass is 740 g/mol. The van der Waals surface area contributed by atoms with Crippen LogP contribution in [0.4, 0.5) is 20.2 Å². The highest BCUT2D eigenvalue weighted by atomic mass is 32.2. The van der Waals surface area contributed by atoms with Gasteiger partial charge in [0, 0.05) is 49.1 Å². The molecular formula is C35H38F2N6O8S. The van der Waals surface area contributed by atoms with E-state index in [9.17, 15) is 32.4 Å². The fourth-order valence-electron chi connectivity index (χ4n) is 4.57. The highest BCUT2D eigenvalue weighted by molar-refractivity contribution is 7.92. The molecule has 0 unspecified atom stereocenters. The molecule has 2 aromatic carbocycles. The summed E-state index contributed by atoms with van der Waals surface area (Å²) in [4.78, 5) is 67.0. The van der Waals surface area contributed by atoms with Gasteiger partial charge in [-0.05, 0) is 48.4 Å². The van der Waals surface area contributed by atoms with Gasteiger partial charge >= 0.3 is 11.7 Å². The number of hydrogen-bond donors (Lipinski definition) is 3. The summed E-state index contributed by atoms with van der Waals surface area (Å²) in [7, 11) is -2.98. The Labute approximate surface area is 297 Å². The van der Waals surface area contributed by atoms with Crippen molar-refractivity contribution < 1.29 is 36.3 Å². The van der Waals surface area contributed by atoms with Crippen molar-refractivity contribution in [1.29, 1.82) is 0 Å². The summed E-state index contributed by atoms with van der Waals surface area (Å²) in [6.07, 6.45) is 3.61. The van der Waals surface area contributed by atoms with Gasteiger partial charge < -0.3 is 19.9 Å². The normalized spacial score (nSPS) is 12.1. The largest absolute Gasteiger partial charge is 0.464 e. The Bertz CT molecular complexity index is 2200. The molecule has 2 heterocycles. The van der Waals surface area contributed by atoms with Crippen LogP contribution >= 0.6 is 0 Å². The van der Waals surface area contributed by atoms with Gasteiger partial charge in [-0.3, -0.25) is 19.1 Å². The lowest BCUT2D eigenvalue weighted by atomic mass is 9.95. The third-order valence-corrected chi connectivity index (χ3v) is 8.99. The van der Waals surface area contributed by atoms with Crippen molar-refractivity contribution in [1.82, 2.24) is 19.4 Å². The van der Waals surface area contributed by atoms with E-state index in [4.69, 9.17) is 4.74 Å². The Kier molecular flexibility index (Phi) is 12.1. The number of nitrogens with one attached hydrogen (secondary N) is 3. The van der Waals surface area contributed by atoms with Crippen LogP contribution in [0.3, 0.4) is 0 Å². The fraction of sp³-hybridized carbons (Fsp3) is 0.314. The Morgan fingerprint density at radius 3 is 2.29 bits per heavy atom. The lowest BCUT2D eigenvalue weighted by Gasteiger charge is -2.19. The standard InChI is InChI=1S/C35H38F2N6O8S/c1-6-7-16-51-32(46)28(17-21-8-13-29(38-20-21)43-30(44)14-15-42(5)34(43)48)40-31(45)24-18-26(37)27(19-25(24)36)41-52(49,50)23-11-9-22(10-12-23)39-33(47)35(2,3)4/h8-15,18-20,28,41H,6-7,16-17H2,1-5H3,(H,39,47)(H,40,45)/t28-/m0/s1. The predicted octanol–water partition coefficient (Wildman–Crippen LogP) is 3.68. The summed E-state index contributed by atoms with van der Waals surface area (Å²) in [6, 6.07) is 8.62. The summed E-state index contributed by atoms with van der Waals surface area (Å²) < 4.78 is 65.7. The van der Waals surface area contributed by atoms with E-state index in [0.717, 1.165) is 4.57 Å². The quantitative estimate of drug-likeness (QED) is 0.136. The number of sulfonamides is 1. The smallest absolute Gasteiger partial charge is 0.336 e. The minimum absolute atomic E-state index is 0.0101. The number of rotatable bonds is 13. The number of anilines is 2. The molecule has 2 amide bonds. The molecule has 0 aliphatic heterocycles. The maximum atomic E-state index is 15.3.